The van der Waals surface area contributed by atoms with E-state index in [1.54, 1.807) is 0 Å². The highest BCUT2D eigenvalue weighted by Gasteiger charge is 2.34. The lowest BCUT2D eigenvalue weighted by Gasteiger charge is -2.30. The van der Waals surface area contributed by atoms with Crippen molar-refractivity contribution in [1.82, 2.24) is 15.5 Å². The molecule has 102 valence electrons. The van der Waals surface area contributed by atoms with Crippen LogP contribution in [0.15, 0.2) is 24.3 Å². The van der Waals surface area contributed by atoms with Crippen molar-refractivity contribution in [2.75, 3.05) is 19.6 Å². The van der Waals surface area contributed by atoms with Gasteiger partial charge in [-0.3, -0.25) is 0 Å². The molecule has 0 saturated carbocycles. The van der Waals surface area contributed by atoms with E-state index in [9.17, 15) is 4.79 Å². The summed E-state index contributed by atoms with van der Waals surface area (Å²) in [6, 6.07) is 9.00. The van der Waals surface area contributed by atoms with Crippen molar-refractivity contribution in [2.24, 2.45) is 0 Å². The van der Waals surface area contributed by atoms with Gasteiger partial charge in [-0.25, -0.2) is 4.79 Å². The van der Waals surface area contributed by atoms with Crippen LogP contribution in [0.4, 0.5) is 4.79 Å². The number of piperidine rings is 1. The molecule has 19 heavy (non-hydrogen) atoms. The van der Waals surface area contributed by atoms with E-state index < -0.39 is 0 Å². The number of rotatable bonds is 2. The van der Waals surface area contributed by atoms with E-state index in [-0.39, 0.29) is 12.1 Å². The summed E-state index contributed by atoms with van der Waals surface area (Å²) >= 11 is 0. The molecule has 0 radical (unpaired) electrons. The van der Waals surface area contributed by atoms with E-state index in [2.05, 4.69) is 41.8 Å². The van der Waals surface area contributed by atoms with Gasteiger partial charge < -0.3 is 15.5 Å². The summed E-state index contributed by atoms with van der Waals surface area (Å²) in [5.41, 5.74) is 2.45. The minimum Gasteiger partial charge on any atom is -0.329 e. The minimum absolute atomic E-state index is 0.0827. The van der Waals surface area contributed by atoms with Crippen molar-refractivity contribution in [3.05, 3.63) is 35.4 Å². The first-order valence-electron chi connectivity index (χ1n) is 7.08. The van der Waals surface area contributed by atoms with Crippen LogP contribution in [0.25, 0.3) is 0 Å². The third-order valence-electron chi connectivity index (χ3n) is 4.13. The number of nitrogens with zero attached hydrogens (tertiary/aromatic N) is 1. The maximum Gasteiger partial charge on any atom is 0.318 e. The first-order valence-corrected chi connectivity index (χ1v) is 7.08. The molecule has 2 unspecified atom stereocenters. The van der Waals surface area contributed by atoms with E-state index in [1.807, 2.05) is 4.90 Å². The van der Waals surface area contributed by atoms with Crippen LogP contribution >= 0.6 is 0 Å². The average Bonchev–Trinajstić information content (AvgIpc) is 2.83. The molecule has 1 aromatic carbocycles. The van der Waals surface area contributed by atoms with Crippen LogP contribution in [0.2, 0.25) is 0 Å². The molecule has 2 saturated heterocycles. The van der Waals surface area contributed by atoms with Gasteiger partial charge in [0.1, 0.15) is 0 Å². The standard InChI is InChI=1S/C15H21N3O/c1-11-4-6-12(7-5-11)14-10-18(15(19)17-14)13-3-2-8-16-9-13/h4-7,13-14,16H,2-3,8-10H2,1H3,(H,17,19). The van der Waals surface area contributed by atoms with Crippen molar-refractivity contribution < 1.29 is 4.79 Å². The van der Waals surface area contributed by atoms with E-state index in [0.29, 0.717) is 6.04 Å². The third-order valence-corrected chi connectivity index (χ3v) is 4.13. The summed E-state index contributed by atoms with van der Waals surface area (Å²) in [6.45, 7) is 4.87. The van der Waals surface area contributed by atoms with Gasteiger partial charge in [0.15, 0.2) is 0 Å². The number of carbonyl (C=O) groups excluding carboxylic acids is 1. The van der Waals surface area contributed by atoms with Gasteiger partial charge in [-0.15, -0.1) is 0 Å². The second-order valence-electron chi connectivity index (χ2n) is 5.57. The van der Waals surface area contributed by atoms with Gasteiger partial charge in [-0.05, 0) is 31.9 Å². The molecule has 0 spiro atoms. The number of carbonyl (C=O) groups is 1. The number of hydrogen-bond acceptors (Lipinski definition) is 2. The quantitative estimate of drug-likeness (QED) is 0.851. The molecule has 0 bridgehead atoms. The average molecular weight is 259 g/mol. The zero-order valence-corrected chi connectivity index (χ0v) is 11.4. The number of amides is 2. The summed E-state index contributed by atoms with van der Waals surface area (Å²) in [4.78, 5) is 14.1. The largest absolute Gasteiger partial charge is 0.329 e. The van der Waals surface area contributed by atoms with Crippen molar-refractivity contribution >= 4 is 6.03 Å². The molecule has 2 heterocycles. The van der Waals surface area contributed by atoms with Crippen LogP contribution in [0.5, 0.6) is 0 Å². The monoisotopic (exact) mass is 259 g/mol. The zero-order valence-electron chi connectivity index (χ0n) is 11.4. The zero-order chi connectivity index (χ0) is 13.2. The molecule has 2 atom stereocenters. The molecule has 2 aliphatic rings. The first kappa shape index (κ1) is 12.5. The Morgan fingerprint density at radius 2 is 2.05 bits per heavy atom. The van der Waals surface area contributed by atoms with Crippen molar-refractivity contribution in [3.8, 4) is 0 Å². The molecule has 2 N–H and O–H groups in total. The van der Waals surface area contributed by atoms with Gasteiger partial charge in [0.05, 0.1) is 6.04 Å². The van der Waals surface area contributed by atoms with Crippen LogP contribution in [-0.4, -0.2) is 36.6 Å². The predicted octanol–water partition coefficient (Wildman–Crippen LogP) is 1.81. The Bertz CT molecular complexity index is 451. The lowest BCUT2D eigenvalue weighted by molar-refractivity contribution is 0.184. The number of nitrogens with one attached hydrogen (secondary N) is 2. The van der Waals surface area contributed by atoms with Gasteiger partial charge >= 0.3 is 6.03 Å². The molecule has 3 rings (SSSR count). The lowest BCUT2D eigenvalue weighted by Crippen LogP contribution is -2.47. The highest BCUT2D eigenvalue weighted by atomic mass is 16.2. The van der Waals surface area contributed by atoms with Gasteiger partial charge in [0, 0.05) is 19.1 Å². The Morgan fingerprint density at radius 1 is 1.26 bits per heavy atom. The Labute approximate surface area is 114 Å². The van der Waals surface area contributed by atoms with Gasteiger partial charge in [-0.2, -0.15) is 0 Å². The van der Waals surface area contributed by atoms with Crippen LogP contribution in [0, 0.1) is 6.92 Å². The molecule has 2 amide bonds. The third kappa shape index (κ3) is 2.59. The van der Waals surface area contributed by atoms with Crippen LogP contribution in [-0.2, 0) is 0 Å². The highest BCUT2D eigenvalue weighted by Crippen LogP contribution is 2.24. The fourth-order valence-corrected chi connectivity index (χ4v) is 2.96. The number of hydrogen-bond donors (Lipinski definition) is 2. The summed E-state index contributed by atoms with van der Waals surface area (Å²) < 4.78 is 0. The Morgan fingerprint density at radius 3 is 2.74 bits per heavy atom. The molecule has 2 fully saturated rings. The second kappa shape index (κ2) is 5.21. The van der Waals surface area contributed by atoms with Crippen molar-refractivity contribution in [1.29, 1.82) is 0 Å². The van der Waals surface area contributed by atoms with Crippen molar-refractivity contribution in [2.45, 2.75) is 31.8 Å². The van der Waals surface area contributed by atoms with Crippen LogP contribution in [0.1, 0.15) is 30.0 Å². The number of benzene rings is 1. The van der Waals surface area contributed by atoms with Crippen molar-refractivity contribution in [3.63, 3.8) is 0 Å². The topological polar surface area (TPSA) is 44.4 Å². The van der Waals surface area contributed by atoms with Crippen LogP contribution in [0.3, 0.4) is 0 Å². The van der Waals surface area contributed by atoms with Gasteiger partial charge in [-0.1, -0.05) is 29.8 Å². The summed E-state index contributed by atoms with van der Waals surface area (Å²) in [7, 11) is 0. The van der Waals surface area contributed by atoms with E-state index >= 15 is 0 Å². The van der Waals surface area contributed by atoms with E-state index in [4.69, 9.17) is 0 Å². The summed E-state index contributed by atoms with van der Waals surface area (Å²) in [5, 5.41) is 6.47. The maximum absolute atomic E-state index is 12.1. The minimum atomic E-state index is 0.0827. The molecule has 1 aromatic rings. The smallest absolute Gasteiger partial charge is 0.318 e. The molecular formula is C15H21N3O. The van der Waals surface area contributed by atoms with Crippen LogP contribution < -0.4 is 10.6 Å². The predicted molar refractivity (Wildman–Crippen MR) is 75.0 cm³/mol. The van der Waals surface area contributed by atoms with Gasteiger partial charge in [0.2, 0.25) is 0 Å². The first-order chi connectivity index (χ1) is 9.24. The van der Waals surface area contributed by atoms with Gasteiger partial charge in [0.25, 0.3) is 0 Å². The second-order valence-corrected chi connectivity index (χ2v) is 5.57. The fourth-order valence-electron chi connectivity index (χ4n) is 2.96. The molecule has 4 nitrogen and oxygen atoms in total. The fraction of sp³-hybridized carbons (Fsp3) is 0.533. The molecule has 4 heteroatoms. The lowest BCUT2D eigenvalue weighted by atomic mass is 10.0. The SMILES string of the molecule is Cc1ccc(C2CN(C3CCCNC3)C(=O)N2)cc1. The Balaban J connectivity index is 1.70. The summed E-state index contributed by atoms with van der Waals surface area (Å²) in [5.74, 6) is 0. The molecule has 2 aliphatic heterocycles. The molecule has 0 aromatic heterocycles. The van der Waals surface area contributed by atoms with E-state index in [0.717, 1.165) is 32.5 Å². The Kier molecular flexibility index (Phi) is 3.42. The number of aryl methyl sites for hydroxylation is 1. The maximum atomic E-state index is 12.1. The summed E-state index contributed by atoms with van der Waals surface area (Å²) in [6.07, 6.45) is 2.27. The highest BCUT2D eigenvalue weighted by molar-refractivity contribution is 5.77. The molecular weight excluding hydrogens is 238 g/mol. The van der Waals surface area contributed by atoms with E-state index in [1.165, 1.54) is 11.1 Å². The molecule has 0 aliphatic carbocycles. The Hall–Kier alpha value is -1.55. The number of urea groups is 1. The normalized spacial score (nSPS) is 27.4.